The molecule has 2 rings (SSSR count). The Bertz CT molecular complexity index is 409. The van der Waals surface area contributed by atoms with E-state index in [0.29, 0.717) is 11.5 Å². The largest absolute Gasteiger partial charge is 0.376 e. The van der Waals surface area contributed by atoms with Crippen molar-refractivity contribution >= 4 is 11.7 Å². The second-order valence-corrected chi connectivity index (χ2v) is 4.48. The van der Waals surface area contributed by atoms with E-state index in [1.54, 1.807) is 26.3 Å². The van der Waals surface area contributed by atoms with Gasteiger partial charge in [-0.25, -0.2) is 0 Å². The van der Waals surface area contributed by atoms with Crippen LogP contribution < -0.4 is 10.6 Å². The van der Waals surface area contributed by atoms with Gasteiger partial charge in [-0.1, -0.05) is 0 Å². The van der Waals surface area contributed by atoms with Crippen LogP contribution in [0.5, 0.6) is 0 Å². The highest BCUT2D eigenvalue weighted by molar-refractivity contribution is 5.91. The molecule has 1 aromatic rings. The van der Waals surface area contributed by atoms with Gasteiger partial charge in [0.15, 0.2) is 5.69 Å². The third kappa shape index (κ3) is 2.59. The van der Waals surface area contributed by atoms with Gasteiger partial charge in [0.1, 0.15) is 5.82 Å². The maximum Gasteiger partial charge on any atom is 0.271 e. The molecule has 0 saturated heterocycles. The highest BCUT2D eigenvalue weighted by Crippen LogP contribution is 2.34. The lowest BCUT2D eigenvalue weighted by Gasteiger charge is -2.40. The number of nitrogens with zero attached hydrogens (tertiary/aromatic N) is 2. The Labute approximate surface area is 106 Å². The number of rotatable bonds is 5. The molecule has 1 fully saturated rings. The van der Waals surface area contributed by atoms with Crippen LogP contribution in [0.3, 0.4) is 0 Å². The lowest BCUT2D eigenvalue weighted by Crippen LogP contribution is -2.45. The van der Waals surface area contributed by atoms with Crippen LogP contribution in [0.25, 0.3) is 0 Å². The summed E-state index contributed by atoms with van der Waals surface area (Å²) in [6.45, 7) is 0.720. The van der Waals surface area contributed by atoms with Gasteiger partial charge in [-0.05, 0) is 31.4 Å². The maximum atomic E-state index is 11.3. The molecule has 0 unspecified atom stereocenters. The summed E-state index contributed by atoms with van der Waals surface area (Å²) in [5, 5.41) is 13.5. The van der Waals surface area contributed by atoms with Gasteiger partial charge < -0.3 is 15.4 Å². The van der Waals surface area contributed by atoms with Crippen LogP contribution >= 0.6 is 0 Å². The van der Waals surface area contributed by atoms with Crippen molar-refractivity contribution in [2.45, 2.75) is 24.9 Å². The summed E-state index contributed by atoms with van der Waals surface area (Å²) in [5.74, 6) is 0.424. The Morgan fingerprint density at radius 2 is 2.22 bits per heavy atom. The van der Waals surface area contributed by atoms with E-state index in [9.17, 15) is 4.79 Å². The molecule has 2 N–H and O–H groups in total. The first-order valence-electron chi connectivity index (χ1n) is 6.04. The number of nitrogens with one attached hydrogen (secondary N) is 2. The van der Waals surface area contributed by atoms with Crippen LogP contribution in [0.15, 0.2) is 12.1 Å². The molecule has 0 aromatic carbocycles. The zero-order valence-electron chi connectivity index (χ0n) is 10.7. The lowest BCUT2D eigenvalue weighted by molar-refractivity contribution is -0.0601. The first kappa shape index (κ1) is 12.8. The third-order valence-corrected chi connectivity index (χ3v) is 3.41. The minimum atomic E-state index is -0.235. The number of carbonyl (C=O) groups excluding carboxylic acids is 1. The van der Waals surface area contributed by atoms with Crippen molar-refractivity contribution in [1.29, 1.82) is 0 Å². The normalized spacial score (nSPS) is 16.8. The molecule has 0 radical (unpaired) electrons. The molecule has 0 aliphatic heterocycles. The number of methoxy groups -OCH3 is 1. The van der Waals surface area contributed by atoms with Gasteiger partial charge >= 0.3 is 0 Å². The minimum absolute atomic E-state index is 0.0544. The molecule has 18 heavy (non-hydrogen) atoms. The molecule has 98 valence electrons. The van der Waals surface area contributed by atoms with E-state index in [-0.39, 0.29) is 11.5 Å². The summed E-state index contributed by atoms with van der Waals surface area (Å²) < 4.78 is 5.50. The first-order valence-corrected chi connectivity index (χ1v) is 6.04. The van der Waals surface area contributed by atoms with Crippen molar-refractivity contribution in [2.24, 2.45) is 0 Å². The Kier molecular flexibility index (Phi) is 3.76. The Balaban J connectivity index is 1.92. The number of ether oxygens (including phenoxy) is 1. The van der Waals surface area contributed by atoms with Gasteiger partial charge in [0.2, 0.25) is 0 Å². The SMILES string of the molecule is CNC(=O)c1ccc(NCC2(OC)CCC2)nn1. The Morgan fingerprint density at radius 1 is 1.44 bits per heavy atom. The minimum Gasteiger partial charge on any atom is -0.376 e. The van der Waals surface area contributed by atoms with Crippen molar-refractivity contribution in [2.75, 3.05) is 26.0 Å². The average Bonchev–Trinajstić information content (AvgIpc) is 2.38. The van der Waals surface area contributed by atoms with Crippen LogP contribution in [0.2, 0.25) is 0 Å². The standard InChI is InChI=1S/C12H18N4O2/c1-13-11(17)9-4-5-10(16-15-9)14-8-12(18-2)6-3-7-12/h4-5H,3,6-8H2,1-2H3,(H,13,17)(H,14,16). The van der Waals surface area contributed by atoms with E-state index in [2.05, 4.69) is 20.8 Å². The number of carbonyl (C=O) groups is 1. The van der Waals surface area contributed by atoms with Crippen molar-refractivity contribution in [3.05, 3.63) is 17.8 Å². The summed E-state index contributed by atoms with van der Waals surface area (Å²) >= 11 is 0. The number of anilines is 1. The summed E-state index contributed by atoms with van der Waals surface area (Å²) in [5.41, 5.74) is 0.259. The number of aromatic nitrogens is 2. The van der Waals surface area contributed by atoms with Crippen LogP contribution in [0, 0.1) is 0 Å². The van der Waals surface area contributed by atoms with Crippen molar-refractivity contribution in [1.82, 2.24) is 15.5 Å². The van der Waals surface area contributed by atoms with Crippen molar-refractivity contribution in [3.8, 4) is 0 Å². The van der Waals surface area contributed by atoms with Gasteiger partial charge in [-0.2, -0.15) is 0 Å². The molecular weight excluding hydrogens is 232 g/mol. The summed E-state index contributed by atoms with van der Waals surface area (Å²) in [4.78, 5) is 11.3. The molecule has 6 heteroatoms. The topological polar surface area (TPSA) is 76.1 Å². The van der Waals surface area contributed by atoms with Crippen LogP contribution in [0.4, 0.5) is 5.82 Å². The van der Waals surface area contributed by atoms with E-state index >= 15 is 0 Å². The quantitative estimate of drug-likeness (QED) is 0.809. The molecule has 1 aromatic heterocycles. The van der Waals surface area contributed by atoms with Gasteiger partial charge in [-0.15, -0.1) is 10.2 Å². The van der Waals surface area contributed by atoms with Crippen LogP contribution in [0.1, 0.15) is 29.8 Å². The molecular formula is C12H18N4O2. The smallest absolute Gasteiger partial charge is 0.271 e. The molecule has 0 atom stereocenters. The van der Waals surface area contributed by atoms with Crippen molar-refractivity contribution < 1.29 is 9.53 Å². The van der Waals surface area contributed by atoms with Gasteiger partial charge in [0.25, 0.3) is 5.91 Å². The van der Waals surface area contributed by atoms with E-state index in [1.165, 1.54) is 6.42 Å². The van der Waals surface area contributed by atoms with Gasteiger partial charge in [0, 0.05) is 20.7 Å². The molecule has 1 saturated carbocycles. The zero-order chi connectivity index (χ0) is 13.0. The predicted octanol–water partition coefficient (Wildman–Crippen LogP) is 0.817. The highest BCUT2D eigenvalue weighted by Gasteiger charge is 2.36. The second-order valence-electron chi connectivity index (χ2n) is 4.48. The van der Waals surface area contributed by atoms with Gasteiger partial charge in [0.05, 0.1) is 5.60 Å². The fraction of sp³-hybridized carbons (Fsp3) is 0.583. The highest BCUT2D eigenvalue weighted by atomic mass is 16.5. The predicted molar refractivity (Wildman–Crippen MR) is 67.5 cm³/mol. The van der Waals surface area contributed by atoms with Crippen molar-refractivity contribution in [3.63, 3.8) is 0 Å². The Morgan fingerprint density at radius 3 is 2.67 bits per heavy atom. The summed E-state index contributed by atoms with van der Waals surface area (Å²) in [6.07, 6.45) is 3.34. The van der Waals surface area contributed by atoms with E-state index < -0.39 is 0 Å². The fourth-order valence-corrected chi connectivity index (χ4v) is 1.95. The summed E-state index contributed by atoms with van der Waals surface area (Å²) in [6, 6.07) is 3.40. The lowest BCUT2D eigenvalue weighted by atomic mass is 9.80. The number of amides is 1. The molecule has 1 heterocycles. The van der Waals surface area contributed by atoms with E-state index in [4.69, 9.17) is 4.74 Å². The maximum absolute atomic E-state index is 11.3. The number of hydrogen-bond donors (Lipinski definition) is 2. The van der Waals surface area contributed by atoms with E-state index in [1.807, 2.05) is 0 Å². The van der Waals surface area contributed by atoms with Crippen LogP contribution in [-0.2, 0) is 4.74 Å². The molecule has 0 spiro atoms. The first-order chi connectivity index (χ1) is 8.69. The Hall–Kier alpha value is -1.69. The molecule has 1 aliphatic carbocycles. The molecule has 1 amide bonds. The molecule has 1 aliphatic rings. The fourth-order valence-electron chi connectivity index (χ4n) is 1.95. The van der Waals surface area contributed by atoms with E-state index in [0.717, 1.165) is 19.4 Å². The average molecular weight is 250 g/mol. The molecule has 0 bridgehead atoms. The van der Waals surface area contributed by atoms with Gasteiger partial charge in [-0.3, -0.25) is 4.79 Å². The number of hydrogen-bond acceptors (Lipinski definition) is 5. The summed E-state index contributed by atoms with van der Waals surface area (Å²) in [7, 11) is 3.30. The van der Waals surface area contributed by atoms with Crippen LogP contribution in [-0.4, -0.2) is 42.4 Å². The second kappa shape index (κ2) is 5.30. The third-order valence-electron chi connectivity index (χ3n) is 3.41. The zero-order valence-corrected chi connectivity index (χ0v) is 10.7. The molecule has 6 nitrogen and oxygen atoms in total. The monoisotopic (exact) mass is 250 g/mol.